The van der Waals surface area contributed by atoms with Gasteiger partial charge in [0.2, 0.25) is 12.7 Å². The first-order valence-corrected chi connectivity index (χ1v) is 2.42. The summed E-state index contributed by atoms with van der Waals surface area (Å²) in [4.78, 5) is 1.85. The molecule has 0 atom stereocenters. The molecule has 0 N–H and O–H groups in total. The maximum atomic E-state index is 4.98. The topological polar surface area (TPSA) is 21.7 Å². The number of ether oxygens (including phenoxy) is 2. The lowest BCUT2D eigenvalue weighted by Gasteiger charge is -2.09. The van der Waals surface area contributed by atoms with Crippen LogP contribution >= 0.6 is 0 Å². The Morgan fingerprint density at radius 2 is 2.38 bits per heavy atom. The minimum Gasteiger partial charge on any atom is -0.459 e. The lowest BCUT2D eigenvalue weighted by Crippen LogP contribution is -2.10. The van der Waals surface area contributed by atoms with E-state index in [1.807, 2.05) is 19.0 Å². The van der Waals surface area contributed by atoms with Crippen molar-refractivity contribution in [2.24, 2.45) is 0 Å². The smallest absolute Gasteiger partial charge is 0.232 e. The number of nitrogens with zero attached hydrogens (tertiary/aromatic N) is 1. The summed E-state index contributed by atoms with van der Waals surface area (Å²) in [6, 6.07) is 0. The normalized spacial score (nSPS) is 16.5. The summed E-state index contributed by atoms with van der Waals surface area (Å²) < 4.78 is 9.77. The van der Waals surface area contributed by atoms with E-state index in [4.69, 9.17) is 9.47 Å². The van der Waals surface area contributed by atoms with Crippen LogP contribution < -0.4 is 0 Å². The van der Waals surface area contributed by atoms with Gasteiger partial charge in [0.15, 0.2) is 0 Å². The molecule has 0 aromatic rings. The third-order valence-corrected chi connectivity index (χ3v) is 0.900. The fourth-order valence-electron chi connectivity index (χ4n) is 0.468. The number of hydrogen-bond acceptors (Lipinski definition) is 3. The summed E-state index contributed by atoms with van der Waals surface area (Å²) in [5, 5.41) is 0. The van der Waals surface area contributed by atoms with E-state index >= 15 is 0 Å². The molecular weight excluding hydrogens is 106 g/mol. The standard InChI is InChI=1S/C5H9NO2/c1-6(2)5-3-7-4-8-5/h3H,4H2,1-2H3. The van der Waals surface area contributed by atoms with Gasteiger partial charge in [0.05, 0.1) is 0 Å². The quantitative estimate of drug-likeness (QED) is 0.492. The first kappa shape index (κ1) is 5.28. The molecule has 1 aliphatic rings. The van der Waals surface area contributed by atoms with Gasteiger partial charge in [0.1, 0.15) is 6.26 Å². The Balaban J connectivity index is 2.45. The Kier molecular flexibility index (Phi) is 1.28. The number of rotatable bonds is 1. The Bertz CT molecular complexity index is 109. The van der Waals surface area contributed by atoms with Crippen LogP contribution in [0.3, 0.4) is 0 Å². The summed E-state index contributed by atoms with van der Waals surface area (Å²) in [6.07, 6.45) is 1.60. The van der Waals surface area contributed by atoms with Crippen molar-refractivity contribution in [1.29, 1.82) is 0 Å². The fourth-order valence-corrected chi connectivity index (χ4v) is 0.468. The van der Waals surface area contributed by atoms with Crippen molar-refractivity contribution >= 4 is 0 Å². The van der Waals surface area contributed by atoms with Crippen molar-refractivity contribution in [2.45, 2.75) is 0 Å². The zero-order valence-electron chi connectivity index (χ0n) is 5.05. The molecule has 0 radical (unpaired) electrons. The lowest BCUT2D eigenvalue weighted by molar-refractivity contribution is 0.0583. The van der Waals surface area contributed by atoms with Crippen LogP contribution in [-0.2, 0) is 9.47 Å². The predicted molar refractivity (Wildman–Crippen MR) is 28.8 cm³/mol. The Hall–Kier alpha value is -0.860. The van der Waals surface area contributed by atoms with Crippen LogP contribution in [0, 0.1) is 0 Å². The molecule has 0 saturated heterocycles. The molecule has 0 aliphatic carbocycles. The van der Waals surface area contributed by atoms with Crippen LogP contribution in [-0.4, -0.2) is 25.8 Å². The molecule has 0 unspecified atom stereocenters. The predicted octanol–water partition coefficient (Wildman–Crippen LogP) is 0.351. The van der Waals surface area contributed by atoms with Gasteiger partial charge < -0.3 is 14.4 Å². The zero-order chi connectivity index (χ0) is 5.98. The van der Waals surface area contributed by atoms with Crippen molar-refractivity contribution in [3.05, 3.63) is 12.1 Å². The van der Waals surface area contributed by atoms with Crippen molar-refractivity contribution in [1.82, 2.24) is 4.90 Å². The summed E-state index contributed by atoms with van der Waals surface area (Å²) >= 11 is 0. The second kappa shape index (κ2) is 1.94. The van der Waals surface area contributed by atoms with Crippen molar-refractivity contribution in [2.75, 3.05) is 20.9 Å². The molecule has 1 aliphatic heterocycles. The van der Waals surface area contributed by atoms with Gasteiger partial charge >= 0.3 is 0 Å². The van der Waals surface area contributed by atoms with E-state index in [1.165, 1.54) is 0 Å². The van der Waals surface area contributed by atoms with Gasteiger partial charge in [-0.15, -0.1) is 0 Å². The first-order chi connectivity index (χ1) is 3.80. The molecule has 3 nitrogen and oxygen atoms in total. The van der Waals surface area contributed by atoms with Crippen molar-refractivity contribution in [3.8, 4) is 0 Å². The van der Waals surface area contributed by atoms with Crippen LogP contribution in [0.2, 0.25) is 0 Å². The van der Waals surface area contributed by atoms with Crippen LogP contribution in [0.15, 0.2) is 12.1 Å². The highest BCUT2D eigenvalue weighted by Crippen LogP contribution is 2.06. The maximum absolute atomic E-state index is 4.98. The molecule has 46 valence electrons. The Labute approximate surface area is 48.5 Å². The van der Waals surface area contributed by atoms with Gasteiger partial charge in [-0.1, -0.05) is 0 Å². The van der Waals surface area contributed by atoms with Crippen LogP contribution in [0.25, 0.3) is 0 Å². The van der Waals surface area contributed by atoms with E-state index in [2.05, 4.69) is 0 Å². The molecular formula is C5H9NO2. The minimum atomic E-state index is 0.355. The molecule has 0 aromatic heterocycles. The molecule has 0 fully saturated rings. The highest BCUT2D eigenvalue weighted by atomic mass is 16.7. The maximum Gasteiger partial charge on any atom is 0.232 e. The van der Waals surface area contributed by atoms with E-state index in [0.29, 0.717) is 6.79 Å². The van der Waals surface area contributed by atoms with Gasteiger partial charge in [0.25, 0.3) is 0 Å². The summed E-state index contributed by atoms with van der Waals surface area (Å²) in [6.45, 7) is 0.355. The van der Waals surface area contributed by atoms with Gasteiger partial charge in [-0.3, -0.25) is 0 Å². The largest absolute Gasteiger partial charge is 0.459 e. The summed E-state index contributed by atoms with van der Waals surface area (Å²) in [5.41, 5.74) is 0. The molecule has 3 heteroatoms. The van der Waals surface area contributed by atoms with Crippen LogP contribution in [0.5, 0.6) is 0 Å². The van der Waals surface area contributed by atoms with Gasteiger partial charge in [-0.25, -0.2) is 0 Å². The second-order valence-corrected chi connectivity index (χ2v) is 1.78. The average molecular weight is 115 g/mol. The third-order valence-electron chi connectivity index (χ3n) is 0.900. The monoisotopic (exact) mass is 115 g/mol. The molecule has 0 spiro atoms. The summed E-state index contributed by atoms with van der Waals surface area (Å²) in [7, 11) is 3.81. The first-order valence-electron chi connectivity index (χ1n) is 2.42. The average Bonchev–Trinajstić information content (AvgIpc) is 2.12. The molecule has 8 heavy (non-hydrogen) atoms. The van der Waals surface area contributed by atoms with E-state index in [0.717, 1.165) is 5.88 Å². The highest BCUT2D eigenvalue weighted by molar-refractivity contribution is 4.86. The Morgan fingerprint density at radius 3 is 2.62 bits per heavy atom. The molecule has 1 heterocycles. The minimum absolute atomic E-state index is 0.355. The van der Waals surface area contributed by atoms with Gasteiger partial charge in [-0.2, -0.15) is 0 Å². The molecule has 0 aromatic carbocycles. The van der Waals surface area contributed by atoms with Gasteiger partial charge in [-0.05, 0) is 0 Å². The number of hydrogen-bond donors (Lipinski definition) is 0. The molecule has 0 saturated carbocycles. The zero-order valence-corrected chi connectivity index (χ0v) is 5.05. The second-order valence-electron chi connectivity index (χ2n) is 1.78. The van der Waals surface area contributed by atoms with Crippen LogP contribution in [0.4, 0.5) is 0 Å². The van der Waals surface area contributed by atoms with E-state index < -0.39 is 0 Å². The highest BCUT2D eigenvalue weighted by Gasteiger charge is 2.05. The third kappa shape index (κ3) is 0.857. The van der Waals surface area contributed by atoms with Crippen molar-refractivity contribution in [3.63, 3.8) is 0 Å². The SMILES string of the molecule is CN(C)C1=COCO1. The van der Waals surface area contributed by atoms with E-state index in [9.17, 15) is 0 Å². The summed E-state index contributed by atoms with van der Waals surface area (Å²) in [5.74, 6) is 0.782. The fraction of sp³-hybridized carbons (Fsp3) is 0.600. The lowest BCUT2D eigenvalue weighted by atomic mass is 10.8. The van der Waals surface area contributed by atoms with Crippen LogP contribution in [0.1, 0.15) is 0 Å². The van der Waals surface area contributed by atoms with Crippen molar-refractivity contribution < 1.29 is 9.47 Å². The Morgan fingerprint density at radius 1 is 1.62 bits per heavy atom. The molecule has 0 bridgehead atoms. The van der Waals surface area contributed by atoms with Gasteiger partial charge in [0, 0.05) is 14.1 Å². The van der Waals surface area contributed by atoms with E-state index in [1.54, 1.807) is 6.26 Å². The molecule has 1 rings (SSSR count). The van der Waals surface area contributed by atoms with E-state index in [-0.39, 0.29) is 0 Å². The molecule has 0 amide bonds.